The molecular formula is C10H15BrN4O. The number of rotatable bonds is 3. The first-order valence-corrected chi connectivity index (χ1v) is 6.01. The Bertz CT molecular complexity index is 374. The lowest BCUT2D eigenvalue weighted by Crippen LogP contribution is -2.23. The Kier molecular flexibility index (Phi) is 3.60. The SMILES string of the molecule is CNc1ncnc(N2CCC(OC)C2)c1Br. The number of hydrogen-bond donors (Lipinski definition) is 1. The minimum Gasteiger partial charge on any atom is -0.380 e. The van der Waals surface area contributed by atoms with Gasteiger partial charge < -0.3 is 15.0 Å². The van der Waals surface area contributed by atoms with Crippen LogP contribution < -0.4 is 10.2 Å². The van der Waals surface area contributed by atoms with E-state index in [0.717, 1.165) is 35.6 Å². The maximum atomic E-state index is 5.34. The highest BCUT2D eigenvalue weighted by Gasteiger charge is 2.25. The largest absolute Gasteiger partial charge is 0.380 e. The maximum Gasteiger partial charge on any atom is 0.148 e. The monoisotopic (exact) mass is 286 g/mol. The number of methoxy groups -OCH3 is 1. The molecule has 1 aliphatic rings. The van der Waals surface area contributed by atoms with E-state index < -0.39 is 0 Å². The molecule has 0 aromatic carbocycles. The second-order valence-corrected chi connectivity index (χ2v) is 4.50. The van der Waals surface area contributed by atoms with E-state index in [0.29, 0.717) is 6.10 Å². The zero-order chi connectivity index (χ0) is 11.5. The lowest BCUT2D eigenvalue weighted by atomic mass is 10.3. The zero-order valence-electron chi connectivity index (χ0n) is 9.40. The van der Waals surface area contributed by atoms with Crippen LogP contribution in [0.3, 0.4) is 0 Å². The van der Waals surface area contributed by atoms with Crippen molar-refractivity contribution in [3.05, 3.63) is 10.8 Å². The Hall–Kier alpha value is -0.880. The van der Waals surface area contributed by atoms with Crippen molar-refractivity contribution in [1.82, 2.24) is 9.97 Å². The molecule has 2 heterocycles. The number of nitrogens with zero attached hydrogens (tertiary/aromatic N) is 3. The van der Waals surface area contributed by atoms with Gasteiger partial charge in [-0.05, 0) is 22.4 Å². The van der Waals surface area contributed by atoms with E-state index in [9.17, 15) is 0 Å². The first-order valence-electron chi connectivity index (χ1n) is 5.22. The molecule has 1 fully saturated rings. The van der Waals surface area contributed by atoms with Gasteiger partial charge in [-0.3, -0.25) is 0 Å². The molecule has 2 rings (SSSR count). The molecule has 6 heteroatoms. The van der Waals surface area contributed by atoms with Crippen LogP contribution in [-0.2, 0) is 4.74 Å². The Labute approximate surface area is 103 Å². The zero-order valence-corrected chi connectivity index (χ0v) is 11.0. The molecule has 1 aromatic heterocycles. The summed E-state index contributed by atoms with van der Waals surface area (Å²) >= 11 is 3.52. The number of ether oxygens (including phenoxy) is 1. The molecule has 0 aliphatic carbocycles. The Morgan fingerprint density at radius 3 is 3.00 bits per heavy atom. The van der Waals surface area contributed by atoms with E-state index in [1.54, 1.807) is 13.4 Å². The van der Waals surface area contributed by atoms with Crippen LogP contribution in [0.2, 0.25) is 0 Å². The molecule has 1 atom stereocenters. The Morgan fingerprint density at radius 2 is 2.38 bits per heavy atom. The van der Waals surface area contributed by atoms with Gasteiger partial charge in [0.15, 0.2) is 0 Å². The van der Waals surface area contributed by atoms with Gasteiger partial charge >= 0.3 is 0 Å². The molecule has 0 bridgehead atoms. The van der Waals surface area contributed by atoms with E-state index in [2.05, 4.69) is 36.1 Å². The predicted octanol–water partition coefficient (Wildman–Crippen LogP) is 1.51. The average Bonchev–Trinajstić information content (AvgIpc) is 2.78. The molecule has 1 unspecified atom stereocenters. The second kappa shape index (κ2) is 4.97. The fraction of sp³-hybridized carbons (Fsp3) is 0.600. The number of nitrogens with one attached hydrogen (secondary N) is 1. The summed E-state index contributed by atoms with van der Waals surface area (Å²) in [5.41, 5.74) is 0. The van der Waals surface area contributed by atoms with Crippen molar-refractivity contribution in [2.24, 2.45) is 0 Å². The quantitative estimate of drug-likeness (QED) is 0.913. The van der Waals surface area contributed by atoms with E-state index in [4.69, 9.17) is 4.74 Å². The highest BCUT2D eigenvalue weighted by atomic mass is 79.9. The van der Waals surface area contributed by atoms with Gasteiger partial charge in [0.2, 0.25) is 0 Å². The van der Waals surface area contributed by atoms with Gasteiger partial charge in [-0.15, -0.1) is 0 Å². The smallest absolute Gasteiger partial charge is 0.148 e. The summed E-state index contributed by atoms with van der Waals surface area (Å²) in [7, 11) is 3.60. The second-order valence-electron chi connectivity index (χ2n) is 3.70. The van der Waals surface area contributed by atoms with Crippen molar-refractivity contribution in [3.63, 3.8) is 0 Å². The lowest BCUT2D eigenvalue weighted by Gasteiger charge is -2.19. The Morgan fingerprint density at radius 1 is 1.56 bits per heavy atom. The van der Waals surface area contributed by atoms with Crippen LogP contribution in [0, 0.1) is 0 Å². The standard InChI is InChI=1S/C10H15BrN4O/c1-12-9-8(11)10(14-6-13-9)15-4-3-7(5-15)16-2/h6-7H,3-5H2,1-2H3,(H,12,13,14). The van der Waals surface area contributed by atoms with Crippen LogP contribution in [0.4, 0.5) is 11.6 Å². The summed E-state index contributed by atoms with van der Waals surface area (Å²) in [5.74, 6) is 1.74. The van der Waals surface area contributed by atoms with Crippen molar-refractivity contribution in [1.29, 1.82) is 0 Å². The molecule has 1 N–H and O–H groups in total. The van der Waals surface area contributed by atoms with Gasteiger partial charge in [-0.2, -0.15) is 0 Å². The topological polar surface area (TPSA) is 50.3 Å². The first-order chi connectivity index (χ1) is 7.76. The summed E-state index contributed by atoms with van der Waals surface area (Å²) in [4.78, 5) is 10.7. The van der Waals surface area contributed by atoms with Crippen molar-refractivity contribution in [2.75, 3.05) is 37.5 Å². The number of aromatic nitrogens is 2. The molecule has 0 amide bonds. The Balaban J connectivity index is 2.21. The fourth-order valence-corrected chi connectivity index (χ4v) is 2.52. The van der Waals surface area contributed by atoms with Crippen molar-refractivity contribution < 1.29 is 4.74 Å². The molecule has 0 spiro atoms. The molecule has 1 saturated heterocycles. The first kappa shape index (κ1) is 11.6. The molecule has 0 saturated carbocycles. The van der Waals surface area contributed by atoms with Crippen molar-refractivity contribution in [2.45, 2.75) is 12.5 Å². The van der Waals surface area contributed by atoms with Gasteiger partial charge in [0.25, 0.3) is 0 Å². The van der Waals surface area contributed by atoms with Crippen LogP contribution in [0.1, 0.15) is 6.42 Å². The third kappa shape index (κ3) is 2.12. The van der Waals surface area contributed by atoms with E-state index in [1.165, 1.54) is 0 Å². The highest BCUT2D eigenvalue weighted by molar-refractivity contribution is 9.10. The summed E-state index contributed by atoms with van der Waals surface area (Å²) in [6.07, 6.45) is 2.92. The minimum absolute atomic E-state index is 0.305. The average molecular weight is 287 g/mol. The fourth-order valence-electron chi connectivity index (χ4n) is 1.87. The van der Waals surface area contributed by atoms with Crippen LogP contribution in [0.5, 0.6) is 0 Å². The van der Waals surface area contributed by atoms with Crippen LogP contribution in [-0.4, -0.2) is 43.3 Å². The molecular weight excluding hydrogens is 272 g/mol. The number of hydrogen-bond acceptors (Lipinski definition) is 5. The molecule has 1 aliphatic heterocycles. The number of halogens is 1. The summed E-state index contributed by atoms with van der Waals surface area (Å²) < 4.78 is 6.25. The minimum atomic E-state index is 0.305. The van der Waals surface area contributed by atoms with E-state index in [-0.39, 0.29) is 0 Å². The van der Waals surface area contributed by atoms with Gasteiger partial charge in [0.05, 0.1) is 6.10 Å². The van der Waals surface area contributed by atoms with Crippen molar-refractivity contribution >= 4 is 27.6 Å². The third-order valence-electron chi connectivity index (χ3n) is 2.79. The molecule has 16 heavy (non-hydrogen) atoms. The van der Waals surface area contributed by atoms with Gasteiger partial charge in [-0.25, -0.2) is 9.97 Å². The van der Waals surface area contributed by atoms with Crippen LogP contribution in [0.25, 0.3) is 0 Å². The number of anilines is 2. The summed E-state index contributed by atoms with van der Waals surface area (Å²) in [6.45, 7) is 1.85. The summed E-state index contributed by atoms with van der Waals surface area (Å²) in [5, 5.41) is 3.03. The summed E-state index contributed by atoms with van der Waals surface area (Å²) in [6, 6.07) is 0. The predicted molar refractivity (Wildman–Crippen MR) is 66.9 cm³/mol. The van der Waals surface area contributed by atoms with E-state index >= 15 is 0 Å². The molecule has 5 nitrogen and oxygen atoms in total. The maximum absolute atomic E-state index is 5.34. The molecule has 0 radical (unpaired) electrons. The van der Waals surface area contributed by atoms with Gasteiger partial charge in [0.1, 0.15) is 22.4 Å². The van der Waals surface area contributed by atoms with Gasteiger partial charge in [0, 0.05) is 27.2 Å². The molecule has 88 valence electrons. The van der Waals surface area contributed by atoms with Crippen LogP contribution >= 0.6 is 15.9 Å². The van der Waals surface area contributed by atoms with Crippen LogP contribution in [0.15, 0.2) is 10.8 Å². The third-order valence-corrected chi connectivity index (χ3v) is 3.52. The highest BCUT2D eigenvalue weighted by Crippen LogP contribution is 2.31. The molecule has 1 aromatic rings. The van der Waals surface area contributed by atoms with Crippen molar-refractivity contribution in [3.8, 4) is 0 Å². The normalized spacial score (nSPS) is 20.2. The lowest BCUT2D eigenvalue weighted by molar-refractivity contribution is 0.121. The van der Waals surface area contributed by atoms with Gasteiger partial charge in [-0.1, -0.05) is 0 Å². The van der Waals surface area contributed by atoms with E-state index in [1.807, 2.05) is 7.05 Å².